The summed E-state index contributed by atoms with van der Waals surface area (Å²) in [5.74, 6) is -3.96. The Morgan fingerprint density at radius 3 is 1.64 bits per heavy atom. The van der Waals surface area contributed by atoms with Crippen molar-refractivity contribution in [3.63, 3.8) is 0 Å². The van der Waals surface area contributed by atoms with Crippen LogP contribution in [0.5, 0.6) is 11.5 Å². The molecule has 10 nitrogen and oxygen atoms in total. The number of nitrogens with zero attached hydrogens (tertiary/aromatic N) is 3. The van der Waals surface area contributed by atoms with Crippen molar-refractivity contribution in [2.75, 3.05) is 6.54 Å². The molecule has 2 bridgehead atoms. The first-order valence-electron chi connectivity index (χ1n) is 15.9. The average Bonchev–Trinajstić information content (AvgIpc) is 3.40. The minimum absolute atomic E-state index is 0.0406. The van der Waals surface area contributed by atoms with Crippen LogP contribution in [0.1, 0.15) is 54.8 Å². The number of non-ortho nitro benzene ring substituents is 1. The van der Waals surface area contributed by atoms with Crippen LogP contribution in [0.3, 0.4) is 0 Å². The maximum atomic E-state index is 14.5. The molecule has 0 unspecified atom stereocenters. The van der Waals surface area contributed by atoms with E-state index in [1.54, 1.807) is 24.3 Å². The number of carbonyl (C=O) groups excluding carboxylic acids is 4. The smallest absolute Gasteiger partial charge is 0.274 e. The molecule has 246 valence electrons. The standard InChI is InChI=1S/C39H26ClN3O7/c40-31-12-6-5-11-30(31)37(45)41(21-32(44)22-13-17-24(18-14-22)50-25-19-15-23(16-20-25)43(48)49)42-38(46)35-33-26-7-1-2-8-27(26)34(36(35)39(42)47)29-10-4-3-9-28(29)33/h1-20,33-36H,21H2/t33?,34?,35-,36-/m0/s1. The van der Waals surface area contributed by atoms with Gasteiger partial charge < -0.3 is 4.74 Å². The Labute approximate surface area is 290 Å². The van der Waals surface area contributed by atoms with Gasteiger partial charge in [0.15, 0.2) is 5.78 Å². The Kier molecular flexibility index (Phi) is 7.53. The number of ether oxygens (including phenoxy) is 1. The maximum absolute atomic E-state index is 14.5. The molecule has 5 aromatic carbocycles. The number of rotatable bonds is 8. The van der Waals surface area contributed by atoms with Gasteiger partial charge in [-0.1, -0.05) is 72.3 Å². The lowest BCUT2D eigenvalue weighted by Gasteiger charge is -2.45. The lowest BCUT2D eigenvalue weighted by molar-refractivity contribution is -0.384. The van der Waals surface area contributed by atoms with Crippen LogP contribution >= 0.6 is 11.6 Å². The van der Waals surface area contributed by atoms with Crippen molar-refractivity contribution in [3.8, 4) is 11.5 Å². The van der Waals surface area contributed by atoms with Gasteiger partial charge in [0.25, 0.3) is 23.4 Å². The van der Waals surface area contributed by atoms with Crippen molar-refractivity contribution in [1.82, 2.24) is 10.0 Å². The lowest BCUT2D eigenvalue weighted by atomic mass is 9.55. The van der Waals surface area contributed by atoms with Gasteiger partial charge in [0.05, 0.1) is 27.3 Å². The number of halogens is 1. The molecule has 0 N–H and O–H groups in total. The summed E-state index contributed by atoms with van der Waals surface area (Å²) in [5, 5.41) is 12.9. The van der Waals surface area contributed by atoms with Crippen LogP contribution in [0.15, 0.2) is 121 Å². The summed E-state index contributed by atoms with van der Waals surface area (Å²) >= 11 is 6.44. The molecule has 11 heteroatoms. The third kappa shape index (κ3) is 4.95. The Morgan fingerprint density at radius 2 is 1.16 bits per heavy atom. The number of Topliss-reactive ketones (excluding diaryl/α,β-unsaturated/α-hetero) is 1. The van der Waals surface area contributed by atoms with Crippen molar-refractivity contribution in [3.05, 3.63) is 170 Å². The zero-order valence-electron chi connectivity index (χ0n) is 26.1. The monoisotopic (exact) mass is 683 g/mol. The predicted molar refractivity (Wildman–Crippen MR) is 182 cm³/mol. The van der Waals surface area contributed by atoms with E-state index in [0.29, 0.717) is 11.5 Å². The van der Waals surface area contributed by atoms with Crippen LogP contribution < -0.4 is 4.74 Å². The molecule has 1 aliphatic heterocycles. The largest absolute Gasteiger partial charge is 0.457 e. The summed E-state index contributed by atoms with van der Waals surface area (Å²) < 4.78 is 5.77. The van der Waals surface area contributed by atoms with Crippen molar-refractivity contribution >= 4 is 40.8 Å². The number of hydrogen-bond donors (Lipinski definition) is 0. The number of nitro benzene ring substituents is 1. The molecule has 1 heterocycles. The lowest BCUT2D eigenvalue weighted by Crippen LogP contribution is -2.52. The third-order valence-corrected chi connectivity index (χ3v) is 10.1. The van der Waals surface area contributed by atoms with Gasteiger partial charge in [-0.25, -0.2) is 5.01 Å². The summed E-state index contributed by atoms with van der Waals surface area (Å²) in [6, 6.07) is 33.6. The van der Waals surface area contributed by atoms with Gasteiger partial charge in [-0.15, -0.1) is 0 Å². The average molecular weight is 684 g/mol. The molecule has 1 fully saturated rings. The van der Waals surface area contributed by atoms with Gasteiger partial charge in [-0.2, -0.15) is 5.01 Å². The van der Waals surface area contributed by atoms with Crippen LogP contribution in [-0.2, 0) is 9.59 Å². The number of imide groups is 1. The quantitative estimate of drug-likeness (QED) is 0.0734. The maximum Gasteiger partial charge on any atom is 0.274 e. The van der Waals surface area contributed by atoms with E-state index in [4.69, 9.17) is 16.3 Å². The minimum Gasteiger partial charge on any atom is -0.457 e. The normalized spacial score (nSPS) is 19.7. The number of carbonyl (C=O) groups is 4. The molecule has 0 aromatic heterocycles. The van der Waals surface area contributed by atoms with Crippen molar-refractivity contribution < 1.29 is 28.8 Å². The summed E-state index contributed by atoms with van der Waals surface area (Å²) in [6.45, 7) is -0.612. The van der Waals surface area contributed by atoms with E-state index in [2.05, 4.69) is 0 Å². The molecule has 0 spiro atoms. The van der Waals surface area contributed by atoms with Crippen LogP contribution in [0.4, 0.5) is 5.69 Å². The molecule has 0 radical (unpaired) electrons. The molecule has 9 rings (SSSR count). The molecule has 0 saturated carbocycles. The molecule has 4 aliphatic rings. The van der Waals surface area contributed by atoms with E-state index < -0.39 is 58.6 Å². The number of ketones is 1. The van der Waals surface area contributed by atoms with E-state index in [1.807, 2.05) is 48.5 Å². The van der Waals surface area contributed by atoms with Crippen molar-refractivity contribution in [2.45, 2.75) is 11.8 Å². The van der Waals surface area contributed by atoms with Crippen molar-refractivity contribution in [2.24, 2.45) is 11.8 Å². The zero-order valence-corrected chi connectivity index (χ0v) is 26.9. The second kappa shape index (κ2) is 12.1. The Balaban J connectivity index is 1.12. The van der Waals surface area contributed by atoms with E-state index >= 15 is 0 Å². The summed E-state index contributed by atoms with van der Waals surface area (Å²) in [5.41, 5.74) is 4.10. The number of hydrazine groups is 1. The van der Waals surface area contributed by atoms with Gasteiger partial charge in [-0.3, -0.25) is 29.3 Å². The Morgan fingerprint density at radius 1 is 0.700 bits per heavy atom. The molecule has 50 heavy (non-hydrogen) atoms. The Hall–Kier alpha value is -6.13. The van der Waals surface area contributed by atoms with E-state index in [-0.39, 0.29) is 21.8 Å². The highest BCUT2D eigenvalue weighted by molar-refractivity contribution is 6.34. The number of benzene rings is 5. The topological polar surface area (TPSA) is 127 Å². The zero-order chi connectivity index (χ0) is 34.7. The third-order valence-electron chi connectivity index (χ3n) is 9.76. The first-order valence-corrected chi connectivity index (χ1v) is 16.3. The fourth-order valence-corrected chi connectivity index (χ4v) is 7.83. The van der Waals surface area contributed by atoms with Gasteiger partial charge in [0.1, 0.15) is 18.0 Å². The van der Waals surface area contributed by atoms with Crippen molar-refractivity contribution in [1.29, 1.82) is 0 Å². The molecular formula is C39H26ClN3O7. The molecule has 3 amide bonds. The summed E-state index contributed by atoms with van der Waals surface area (Å²) in [4.78, 5) is 67.6. The van der Waals surface area contributed by atoms with Crippen LogP contribution in [0.2, 0.25) is 5.02 Å². The highest BCUT2D eigenvalue weighted by Gasteiger charge is 2.63. The number of amides is 3. The second-order valence-electron chi connectivity index (χ2n) is 12.4. The van der Waals surface area contributed by atoms with E-state index in [0.717, 1.165) is 32.3 Å². The highest BCUT2D eigenvalue weighted by Crippen LogP contribution is 2.61. The van der Waals surface area contributed by atoms with Gasteiger partial charge in [-0.05, 0) is 70.8 Å². The van der Waals surface area contributed by atoms with Gasteiger partial charge >= 0.3 is 0 Å². The molecule has 3 aliphatic carbocycles. The fourth-order valence-electron chi connectivity index (χ4n) is 7.61. The van der Waals surface area contributed by atoms with E-state index in [1.165, 1.54) is 48.5 Å². The fraction of sp³-hybridized carbons (Fsp3) is 0.128. The summed E-state index contributed by atoms with van der Waals surface area (Å²) in [6.07, 6.45) is 0. The van der Waals surface area contributed by atoms with Crippen LogP contribution in [0.25, 0.3) is 0 Å². The van der Waals surface area contributed by atoms with Gasteiger partial charge in [0, 0.05) is 29.5 Å². The van der Waals surface area contributed by atoms with Crippen LogP contribution in [-0.4, -0.2) is 45.0 Å². The molecule has 1 saturated heterocycles. The molecule has 2 atom stereocenters. The Bertz CT molecular complexity index is 2120. The first-order chi connectivity index (χ1) is 24.2. The highest BCUT2D eigenvalue weighted by atomic mass is 35.5. The van der Waals surface area contributed by atoms with E-state index in [9.17, 15) is 29.3 Å². The first kappa shape index (κ1) is 31.2. The SMILES string of the molecule is O=C(CN(C(=O)c1ccccc1Cl)N1C(=O)[C@H]2C3c4ccccc4C(c4ccccc43)[C@@H]2C1=O)c1ccc(Oc2ccc([N+](=O)[O-])cc2)cc1. The minimum atomic E-state index is -0.759. The van der Waals surface area contributed by atoms with Crippen LogP contribution in [0, 0.1) is 22.0 Å². The second-order valence-corrected chi connectivity index (χ2v) is 12.8. The molecular weight excluding hydrogens is 658 g/mol. The van der Waals surface area contributed by atoms with Gasteiger partial charge in [0.2, 0.25) is 0 Å². The summed E-state index contributed by atoms with van der Waals surface area (Å²) in [7, 11) is 0. The number of nitro groups is 1. The number of hydrogen-bond acceptors (Lipinski definition) is 7. The molecule has 5 aromatic rings. The predicted octanol–water partition coefficient (Wildman–Crippen LogP) is 7.17.